The van der Waals surface area contributed by atoms with E-state index in [1.165, 1.54) is 7.11 Å². The molecular formula is C11H12BrNO2. The van der Waals surface area contributed by atoms with Gasteiger partial charge in [0.25, 0.3) is 5.91 Å². The van der Waals surface area contributed by atoms with Crippen molar-refractivity contribution in [3.8, 4) is 5.75 Å². The Bertz CT molecular complexity index is 377. The molecule has 0 saturated heterocycles. The molecule has 0 fully saturated rings. The van der Waals surface area contributed by atoms with Gasteiger partial charge >= 0.3 is 0 Å². The van der Waals surface area contributed by atoms with Crippen molar-refractivity contribution in [2.45, 2.75) is 0 Å². The maximum Gasteiger partial charge on any atom is 0.255 e. The van der Waals surface area contributed by atoms with Crippen molar-refractivity contribution in [2.24, 2.45) is 0 Å². The van der Waals surface area contributed by atoms with Crippen LogP contribution in [0.15, 0.2) is 35.3 Å². The van der Waals surface area contributed by atoms with Crippen molar-refractivity contribution in [3.63, 3.8) is 0 Å². The van der Waals surface area contributed by atoms with Crippen LogP contribution in [0.25, 0.3) is 0 Å². The van der Waals surface area contributed by atoms with E-state index in [0.717, 1.165) is 4.47 Å². The summed E-state index contributed by atoms with van der Waals surface area (Å²) in [4.78, 5) is 11.7. The Morgan fingerprint density at radius 3 is 3.00 bits per heavy atom. The van der Waals surface area contributed by atoms with Crippen LogP contribution in [-0.4, -0.2) is 19.6 Å². The van der Waals surface area contributed by atoms with Gasteiger partial charge in [-0.3, -0.25) is 4.79 Å². The summed E-state index contributed by atoms with van der Waals surface area (Å²) in [6.07, 6.45) is 1.63. The first-order chi connectivity index (χ1) is 7.19. The molecule has 1 amide bonds. The number of halogens is 1. The molecule has 0 spiro atoms. The van der Waals surface area contributed by atoms with Crippen molar-refractivity contribution in [3.05, 3.63) is 40.9 Å². The van der Waals surface area contributed by atoms with Crippen LogP contribution < -0.4 is 10.1 Å². The number of hydrogen-bond donors (Lipinski definition) is 1. The molecule has 1 aromatic carbocycles. The molecule has 80 valence electrons. The smallest absolute Gasteiger partial charge is 0.255 e. The van der Waals surface area contributed by atoms with Gasteiger partial charge in [0.05, 0.1) is 12.7 Å². The number of carbonyl (C=O) groups is 1. The van der Waals surface area contributed by atoms with E-state index in [-0.39, 0.29) is 5.91 Å². The maximum absolute atomic E-state index is 11.7. The fourth-order valence-electron chi connectivity index (χ4n) is 1.12. The van der Waals surface area contributed by atoms with E-state index in [1.807, 2.05) is 6.07 Å². The van der Waals surface area contributed by atoms with Gasteiger partial charge in [-0.1, -0.05) is 22.0 Å². The van der Waals surface area contributed by atoms with Crippen molar-refractivity contribution in [1.29, 1.82) is 0 Å². The van der Waals surface area contributed by atoms with Gasteiger partial charge < -0.3 is 10.1 Å². The molecule has 4 heteroatoms. The zero-order valence-corrected chi connectivity index (χ0v) is 10.0. The largest absolute Gasteiger partial charge is 0.496 e. The zero-order valence-electron chi connectivity index (χ0n) is 8.42. The lowest BCUT2D eigenvalue weighted by Crippen LogP contribution is -2.23. The highest BCUT2D eigenvalue weighted by molar-refractivity contribution is 9.10. The summed E-state index contributed by atoms with van der Waals surface area (Å²) in [5, 5.41) is 2.69. The van der Waals surface area contributed by atoms with Crippen LogP contribution in [0.1, 0.15) is 10.4 Å². The van der Waals surface area contributed by atoms with Crippen molar-refractivity contribution in [1.82, 2.24) is 5.32 Å². The molecule has 0 atom stereocenters. The molecule has 15 heavy (non-hydrogen) atoms. The van der Waals surface area contributed by atoms with Gasteiger partial charge in [0.15, 0.2) is 0 Å². The Morgan fingerprint density at radius 2 is 2.40 bits per heavy atom. The fourth-order valence-corrected chi connectivity index (χ4v) is 1.48. The molecule has 0 saturated carbocycles. The van der Waals surface area contributed by atoms with Crippen LogP contribution in [0.4, 0.5) is 0 Å². The Kier molecular flexibility index (Phi) is 4.37. The molecule has 1 aromatic rings. The Labute approximate surface area is 97.3 Å². The normalized spacial score (nSPS) is 9.47. The average Bonchev–Trinajstić information content (AvgIpc) is 2.25. The van der Waals surface area contributed by atoms with Crippen LogP contribution in [0.2, 0.25) is 0 Å². The first kappa shape index (κ1) is 11.8. The zero-order chi connectivity index (χ0) is 11.3. The number of amides is 1. The van der Waals surface area contributed by atoms with Crippen LogP contribution >= 0.6 is 15.9 Å². The van der Waals surface area contributed by atoms with Crippen LogP contribution in [-0.2, 0) is 0 Å². The van der Waals surface area contributed by atoms with Gasteiger partial charge in [0.1, 0.15) is 5.75 Å². The number of rotatable bonds is 4. The molecule has 0 heterocycles. The first-order valence-electron chi connectivity index (χ1n) is 4.41. The predicted molar refractivity (Wildman–Crippen MR) is 63.2 cm³/mol. The summed E-state index contributed by atoms with van der Waals surface area (Å²) in [5.41, 5.74) is 0.508. The molecule has 0 aliphatic heterocycles. The van der Waals surface area contributed by atoms with Gasteiger partial charge in [-0.25, -0.2) is 0 Å². The molecule has 3 nitrogen and oxygen atoms in total. The van der Waals surface area contributed by atoms with Gasteiger partial charge in [0, 0.05) is 11.0 Å². The van der Waals surface area contributed by atoms with Crippen molar-refractivity contribution >= 4 is 21.8 Å². The molecule has 0 bridgehead atoms. The number of benzene rings is 1. The molecule has 0 unspecified atom stereocenters. The molecular weight excluding hydrogens is 258 g/mol. The van der Waals surface area contributed by atoms with Crippen LogP contribution in [0, 0.1) is 0 Å². The van der Waals surface area contributed by atoms with E-state index in [1.54, 1.807) is 18.2 Å². The van der Waals surface area contributed by atoms with E-state index in [9.17, 15) is 4.79 Å². The molecule has 1 N–H and O–H groups in total. The van der Waals surface area contributed by atoms with Crippen molar-refractivity contribution < 1.29 is 9.53 Å². The molecule has 1 rings (SSSR count). The third-order valence-corrected chi connectivity index (χ3v) is 2.31. The summed E-state index contributed by atoms with van der Waals surface area (Å²) in [5.74, 6) is 0.382. The molecule has 0 aromatic heterocycles. The minimum absolute atomic E-state index is 0.173. The topological polar surface area (TPSA) is 38.3 Å². The third kappa shape index (κ3) is 3.09. The maximum atomic E-state index is 11.7. The Morgan fingerprint density at radius 1 is 1.67 bits per heavy atom. The summed E-state index contributed by atoms with van der Waals surface area (Å²) < 4.78 is 5.93. The number of methoxy groups -OCH3 is 1. The SMILES string of the molecule is C=CCNC(=O)c1cc(Br)ccc1OC. The quantitative estimate of drug-likeness (QED) is 0.853. The number of nitrogens with one attached hydrogen (secondary N) is 1. The fraction of sp³-hybridized carbons (Fsp3) is 0.182. The second kappa shape index (κ2) is 5.56. The lowest BCUT2D eigenvalue weighted by Gasteiger charge is -2.08. The first-order valence-corrected chi connectivity index (χ1v) is 5.21. The lowest BCUT2D eigenvalue weighted by molar-refractivity contribution is 0.0955. The van der Waals surface area contributed by atoms with E-state index in [2.05, 4.69) is 27.8 Å². The highest BCUT2D eigenvalue weighted by atomic mass is 79.9. The summed E-state index contributed by atoms with van der Waals surface area (Å²) in [6.45, 7) is 3.97. The highest BCUT2D eigenvalue weighted by Crippen LogP contribution is 2.22. The molecule has 0 aliphatic carbocycles. The number of ether oxygens (including phenoxy) is 1. The average molecular weight is 270 g/mol. The lowest BCUT2D eigenvalue weighted by atomic mass is 10.2. The number of carbonyl (C=O) groups excluding carboxylic acids is 1. The predicted octanol–water partition coefficient (Wildman–Crippen LogP) is 2.37. The summed E-state index contributed by atoms with van der Waals surface area (Å²) in [7, 11) is 1.54. The van der Waals surface area contributed by atoms with Gasteiger partial charge in [0.2, 0.25) is 0 Å². The third-order valence-electron chi connectivity index (χ3n) is 1.81. The Hall–Kier alpha value is -1.29. The second-order valence-corrected chi connectivity index (χ2v) is 3.76. The highest BCUT2D eigenvalue weighted by Gasteiger charge is 2.11. The minimum Gasteiger partial charge on any atom is -0.496 e. The van der Waals surface area contributed by atoms with E-state index >= 15 is 0 Å². The van der Waals surface area contributed by atoms with Gasteiger partial charge in [-0.2, -0.15) is 0 Å². The minimum atomic E-state index is -0.173. The summed E-state index contributed by atoms with van der Waals surface area (Å²) in [6, 6.07) is 5.28. The monoisotopic (exact) mass is 269 g/mol. The van der Waals surface area contributed by atoms with Crippen molar-refractivity contribution in [2.75, 3.05) is 13.7 Å². The van der Waals surface area contributed by atoms with E-state index < -0.39 is 0 Å². The van der Waals surface area contributed by atoms with Gasteiger partial charge in [-0.15, -0.1) is 6.58 Å². The second-order valence-electron chi connectivity index (χ2n) is 2.84. The molecule has 0 radical (unpaired) electrons. The van der Waals surface area contributed by atoms with Crippen LogP contribution in [0.5, 0.6) is 5.75 Å². The molecule has 0 aliphatic rings. The van der Waals surface area contributed by atoms with E-state index in [4.69, 9.17) is 4.74 Å². The summed E-state index contributed by atoms with van der Waals surface area (Å²) >= 11 is 3.31. The van der Waals surface area contributed by atoms with Crippen LogP contribution in [0.3, 0.4) is 0 Å². The standard InChI is InChI=1S/C11H12BrNO2/c1-3-6-13-11(14)9-7-8(12)4-5-10(9)15-2/h3-5,7H,1,6H2,2H3,(H,13,14). The van der Waals surface area contributed by atoms with E-state index in [0.29, 0.717) is 17.9 Å². The number of hydrogen-bond acceptors (Lipinski definition) is 2. The Balaban J connectivity index is 2.94. The van der Waals surface area contributed by atoms with Gasteiger partial charge in [-0.05, 0) is 18.2 Å².